The van der Waals surface area contributed by atoms with Crippen LogP contribution >= 0.6 is 15.9 Å². The van der Waals surface area contributed by atoms with Gasteiger partial charge in [-0.3, -0.25) is 14.9 Å². The predicted molar refractivity (Wildman–Crippen MR) is 114 cm³/mol. The Hall–Kier alpha value is -3.78. The minimum atomic E-state index is -0.758. The fourth-order valence-electron chi connectivity index (χ4n) is 2.91. The minimum Gasteiger partial charge on any atom is -0.463 e. The van der Waals surface area contributed by atoms with Gasteiger partial charge < -0.3 is 9.15 Å². The third kappa shape index (κ3) is 3.85. The maximum atomic E-state index is 12.8. The number of hydrogen-bond acceptors (Lipinski definition) is 6. The SMILES string of the molecule is O=C(Oc1ccc2c(=O)c(-c3ccc(Br)cc3)coc2c1)c1cccc([N+](=O)[O-])c1. The average molecular weight is 466 g/mol. The van der Waals surface area contributed by atoms with Crippen LogP contribution in [0.2, 0.25) is 0 Å². The van der Waals surface area contributed by atoms with Gasteiger partial charge in [0.05, 0.1) is 21.4 Å². The van der Waals surface area contributed by atoms with E-state index in [0.29, 0.717) is 10.9 Å². The second-order valence-corrected chi connectivity index (χ2v) is 7.26. The lowest BCUT2D eigenvalue weighted by molar-refractivity contribution is -0.384. The van der Waals surface area contributed by atoms with E-state index in [1.54, 1.807) is 12.1 Å². The van der Waals surface area contributed by atoms with Crippen LogP contribution < -0.4 is 10.2 Å². The monoisotopic (exact) mass is 465 g/mol. The zero-order valence-corrected chi connectivity index (χ0v) is 16.8. The number of carbonyl (C=O) groups is 1. The van der Waals surface area contributed by atoms with Gasteiger partial charge in [-0.05, 0) is 35.9 Å². The molecule has 0 atom stereocenters. The minimum absolute atomic E-state index is 0.0383. The largest absolute Gasteiger partial charge is 0.463 e. The summed E-state index contributed by atoms with van der Waals surface area (Å²) in [5, 5.41) is 11.2. The van der Waals surface area contributed by atoms with Crippen LogP contribution in [0.3, 0.4) is 0 Å². The molecule has 30 heavy (non-hydrogen) atoms. The molecule has 4 aromatic rings. The van der Waals surface area contributed by atoms with Crippen LogP contribution in [0.15, 0.2) is 86.7 Å². The molecule has 0 bridgehead atoms. The van der Waals surface area contributed by atoms with Crippen molar-refractivity contribution >= 4 is 38.6 Å². The number of esters is 1. The van der Waals surface area contributed by atoms with E-state index in [1.165, 1.54) is 42.7 Å². The summed E-state index contributed by atoms with van der Waals surface area (Å²) in [6.45, 7) is 0. The highest BCUT2D eigenvalue weighted by atomic mass is 79.9. The van der Waals surface area contributed by atoms with Crippen molar-refractivity contribution in [2.24, 2.45) is 0 Å². The lowest BCUT2D eigenvalue weighted by atomic mass is 10.1. The van der Waals surface area contributed by atoms with Crippen LogP contribution in [0.4, 0.5) is 5.69 Å². The van der Waals surface area contributed by atoms with Gasteiger partial charge in [0, 0.05) is 22.7 Å². The molecule has 4 rings (SSSR count). The lowest BCUT2D eigenvalue weighted by Gasteiger charge is -2.07. The smallest absolute Gasteiger partial charge is 0.343 e. The fourth-order valence-corrected chi connectivity index (χ4v) is 3.18. The van der Waals surface area contributed by atoms with Gasteiger partial charge in [-0.25, -0.2) is 4.79 Å². The van der Waals surface area contributed by atoms with Gasteiger partial charge in [-0.2, -0.15) is 0 Å². The van der Waals surface area contributed by atoms with E-state index in [4.69, 9.17) is 9.15 Å². The van der Waals surface area contributed by atoms with Crippen LogP contribution in [-0.4, -0.2) is 10.9 Å². The van der Waals surface area contributed by atoms with Crippen molar-refractivity contribution in [3.63, 3.8) is 0 Å². The highest BCUT2D eigenvalue weighted by Gasteiger charge is 2.15. The van der Waals surface area contributed by atoms with E-state index in [0.717, 1.165) is 16.1 Å². The summed E-state index contributed by atoms with van der Waals surface area (Å²) in [6, 6.07) is 16.9. The van der Waals surface area contributed by atoms with E-state index >= 15 is 0 Å². The van der Waals surface area contributed by atoms with Crippen LogP contribution in [-0.2, 0) is 0 Å². The molecule has 0 spiro atoms. The van der Waals surface area contributed by atoms with Crippen molar-refractivity contribution in [2.45, 2.75) is 0 Å². The molecule has 0 aliphatic rings. The first-order chi connectivity index (χ1) is 14.4. The van der Waals surface area contributed by atoms with E-state index in [2.05, 4.69) is 15.9 Å². The summed E-state index contributed by atoms with van der Waals surface area (Å²) in [4.78, 5) is 35.4. The van der Waals surface area contributed by atoms with Gasteiger partial charge >= 0.3 is 5.97 Å². The Labute approximate surface area is 177 Å². The third-order valence-electron chi connectivity index (χ3n) is 4.40. The zero-order chi connectivity index (χ0) is 21.3. The maximum Gasteiger partial charge on any atom is 0.343 e. The maximum absolute atomic E-state index is 12.8. The van der Waals surface area contributed by atoms with Gasteiger partial charge in [0.2, 0.25) is 0 Å². The Balaban J connectivity index is 1.64. The molecule has 0 amide bonds. The molecule has 1 heterocycles. The molecule has 148 valence electrons. The quantitative estimate of drug-likeness (QED) is 0.174. The van der Waals surface area contributed by atoms with Gasteiger partial charge in [-0.15, -0.1) is 0 Å². The molecule has 3 aromatic carbocycles. The number of carbonyl (C=O) groups excluding carboxylic acids is 1. The molecule has 0 radical (unpaired) electrons. The summed E-state index contributed by atoms with van der Waals surface area (Å²) in [6.07, 6.45) is 1.36. The molecular weight excluding hydrogens is 454 g/mol. The van der Waals surface area contributed by atoms with E-state index in [-0.39, 0.29) is 28.0 Å². The molecule has 0 fully saturated rings. The Morgan fingerprint density at radius 1 is 1.03 bits per heavy atom. The number of benzene rings is 3. The van der Waals surface area contributed by atoms with Crippen LogP contribution in [0.1, 0.15) is 10.4 Å². The van der Waals surface area contributed by atoms with Crippen molar-refractivity contribution in [3.05, 3.63) is 103 Å². The number of fused-ring (bicyclic) bond motifs is 1. The van der Waals surface area contributed by atoms with E-state index in [9.17, 15) is 19.7 Å². The molecule has 0 saturated heterocycles. The second-order valence-electron chi connectivity index (χ2n) is 6.34. The first-order valence-electron chi connectivity index (χ1n) is 8.70. The molecule has 0 saturated carbocycles. The molecule has 0 aliphatic heterocycles. The third-order valence-corrected chi connectivity index (χ3v) is 4.93. The molecule has 0 unspecified atom stereocenters. The normalized spacial score (nSPS) is 10.7. The number of hydrogen-bond donors (Lipinski definition) is 0. The molecule has 1 aromatic heterocycles. The molecule has 8 heteroatoms. The first kappa shape index (κ1) is 19.5. The van der Waals surface area contributed by atoms with Crippen molar-refractivity contribution in [3.8, 4) is 16.9 Å². The standard InChI is InChI=1S/C22H12BrNO6/c23-15-6-4-13(5-7-15)19-12-29-20-11-17(8-9-18(20)21(19)25)30-22(26)14-2-1-3-16(10-14)24(27)28/h1-12H. The molecule has 0 aliphatic carbocycles. The van der Waals surface area contributed by atoms with Crippen LogP contribution in [0.5, 0.6) is 5.75 Å². The predicted octanol–water partition coefficient (Wildman–Crippen LogP) is 5.35. The summed E-state index contributed by atoms with van der Waals surface area (Å²) >= 11 is 3.36. The number of ether oxygens (including phenoxy) is 1. The summed E-state index contributed by atoms with van der Waals surface area (Å²) in [5.41, 5.74) is 0.998. The highest BCUT2D eigenvalue weighted by Crippen LogP contribution is 2.25. The van der Waals surface area contributed by atoms with Gasteiger partial charge in [0.1, 0.15) is 17.6 Å². The topological polar surface area (TPSA) is 99.7 Å². The number of nitrogens with zero attached hydrogens (tertiary/aromatic N) is 1. The van der Waals surface area contributed by atoms with Gasteiger partial charge in [-0.1, -0.05) is 34.1 Å². The van der Waals surface area contributed by atoms with Crippen LogP contribution in [0.25, 0.3) is 22.1 Å². The Morgan fingerprint density at radius 2 is 1.80 bits per heavy atom. The van der Waals surface area contributed by atoms with Gasteiger partial charge in [0.15, 0.2) is 5.43 Å². The van der Waals surface area contributed by atoms with Crippen molar-refractivity contribution in [2.75, 3.05) is 0 Å². The highest BCUT2D eigenvalue weighted by molar-refractivity contribution is 9.10. The summed E-state index contributed by atoms with van der Waals surface area (Å²) < 4.78 is 11.8. The summed E-state index contributed by atoms with van der Waals surface area (Å²) in [5.74, 6) is -0.606. The fraction of sp³-hybridized carbons (Fsp3) is 0. The number of non-ortho nitro benzene ring substituents is 1. The number of nitro groups is 1. The van der Waals surface area contributed by atoms with E-state index < -0.39 is 10.9 Å². The number of nitro benzene ring substituents is 1. The average Bonchev–Trinajstić information content (AvgIpc) is 2.75. The number of halogens is 1. The Bertz CT molecular complexity index is 1340. The molecule has 7 nitrogen and oxygen atoms in total. The molecular formula is C22H12BrNO6. The number of rotatable bonds is 4. The van der Waals surface area contributed by atoms with Crippen molar-refractivity contribution < 1.29 is 18.9 Å². The van der Waals surface area contributed by atoms with E-state index in [1.807, 2.05) is 12.1 Å². The second kappa shape index (κ2) is 7.92. The Morgan fingerprint density at radius 3 is 2.53 bits per heavy atom. The first-order valence-corrected chi connectivity index (χ1v) is 9.50. The summed E-state index contributed by atoms with van der Waals surface area (Å²) in [7, 11) is 0. The van der Waals surface area contributed by atoms with Gasteiger partial charge in [0.25, 0.3) is 5.69 Å². The van der Waals surface area contributed by atoms with Crippen molar-refractivity contribution in [1.29, 1.82) is 0 Å². The molecule has 0 N–H and O–H groups in total. The zero-order valence-electron chi connectivity index (χ0n) is 15.2. The van der Waals surface area contributed by atoms with Crippen molar-refractivity contribution in [1.82, 2.24) is 0 Å². The lowest BCUT2D eigenvalue weighted by Crippen LogP contribution is -2.09. The van der Waals surface area contributed by atoms with Crippen LogP contribution in [0, 0.1) is 10.1 Å². The Kier molecular flexibility index (Phi) is 5.16.